The monoisotopic (exact) mass is 965 g/mol. The molecule has 0 amide bonds. The molecule has 0 aromatic rings. The molecular formula is Mo4Na2O17Zn4-24. The summed E-state index contributed by atoms with van der Waals surface area (Å²) in [6.07, 6.45) is 0. The third-order valence-electron chi connectivity index (χ3n) is 0. The van der Waals surface area contributed by atoms with Crippen LogP contribution >= 0.6 is 0 Å². The van der Waals surface area contributed by atoms with Crippen LogP contribution in [-0.2, 0) is 255 Å². The van der Waals surface area contributed by atoms with E-state index in [1.807, 2.05) is 0 Å². The first-order valence-electron chi connectivity index (χ1n) is 0. The van der Waals surface area contributed by atoms with Crippen LogP contribution < -0.4 is 59.1 Å². The Morgan fingerprint density at radius 2 is 0.148 bits per heavy atom. The molecule has 17 nitrogen and oxygen atoms in total. The van der Waals surface area contributed by atoms with Crippen molar-refractivity contribution in [2.45, 2.75) is 0 Å². The summed E-state index contributed by atoms with van der Waals surface area (Å²) in [5.74, 6) is 0. The summed E-state index contributed by atoms with van der Waals surface area (Å²) in [5.41, 5.74) is 0. The zero-order valence-corrected chi connectivity index (χ0v) is 37.3. The Morgan fingerprint density at radius 3 is 0.148 bits per heavy atom. The molecule has 0 fully saturated rings. The minimum atomic E-state index is 0. The zero-order valence-electron chi connectivity index (χ0n) is 13.4. The van der Waals surface area contributed by atoms with Gasteiger partial charge < -0.3 is 93.1 Å². The minimum absolute atomic E-state index is 0. The molecule has 0 aliphatic rings. The predicted octanol–water partition coefficient (Wildman–Crippen LogP) is -8.03. The van der Waals surface area contributed by atoms with Crippen LogP contribution in [0.5, 0.6) is 0 Å². The Labute approximate surface area is 308 Å². The molecule has 0 aromatic heterocycles. The summed E-state index contributed by atoms with van der Waals surface area (Å²) in [5, 5.41) is 0. The molecule has 0 aromatic carbocycles. The van der Waals surface area contributed by atoms with E-state index in [9.17, 15) is 0 Å². The zero-order chi connectivity index (χ0) is 0. The van der Waals surface area contributed by atoms with Gasteiger partial charge in [-0.1, -0.05) is 0 Å². The fourth-order valence-corrected chi connectivity index (χ4v) is 0. The van der Waals surface area contributed by atoms with Gasteiger partial charge in [0, 0.05) is 84.3 Å². The molecule has 0 saturated heterocycles. The molecule has 0 aliphatic heterocycles. The quantitative estimate of drug-likeness (QED) is 0.204. The Morgan fingerprint density at radius 1 is 0.148 bits per heavy atom. The topological polar surface area (TPSA) is 484 Å². The summed E-state index contributed by atoms with van der Waals surface area (Å²) >= 11 is 0. The Hall–Kier alpha value is 6.57. The summed E-state index contributed by atoms with van der Waals surface area (Å²) < 4.78 is 0. The molecule has 27 heteroatoms. The van der Waals surface area contributed by atoms with Crippen LogP contribution in [0.1, 0.15) is 0 Å². The van der Waals surface area contributed by atoms with Crippen molar-refractivity contribution >= 4 is 0 Å². The molecule has 0 unspecified atom stereocenters. The maximum atomic E-state index is 0. The number of rotatable bonds is 0. The SMILES string of the molecule is [Mo].[Mo].[Mo].[Mo].[Na+].[Na+].[O-2].[O-2].[O-2].[O-2].[O-2].[O-2].[O-2].[O-2].[O-2].[O-2].[O-2].[O-2].[O-2].[O-2].[O-2].[O-2].[O-2].[Zn+2].[Zn+2].[Zn+2].[Zn+2]. The van der Waals surface area contributed by atoms with E-state index in [0.717, 1.165) is 0 Å². The second kappa shape index (κ2) is 753. The van der Waals surface area contributed by atoms with Gasteiger partial charge in [0.05, 0.1) is 0 Å². The van der Waals surface area contributed by atoms with Crippen molar-refractivity contribution in [2.75, 3.05) is 0 Å². The molecule has 0 spiro atoms. The van der Waals surface area contributed by atoms with Gasteiger partial charge in [-0.05, 0) is 0 Å². The third-order valence-corrected chi connectivity index (χ3v) is 0. The molecule has 0 radical (unpaired) electrons. The third kappa shape index (κ3) is 706. The second-order valence-corrected chi connectivity index (χ2v) is 0. The van der Waals surface area contributed by atoms with Crippen LogP contribution in [0, 0.1) is 0 Å². The summed E-state index contributed by atoms with van der Waals surface area (Å²) in [4.78, 5) is 0. The molecule has 27 heavy (non-hydrogen) atoms. The van der Waals surface area contributed by atoms with Crippen LogP contribution in [0.25, 0.3) is 0 Å². The van der Waals surface area contributed by atoms with E-state index in [1.54, 1.807) is 0 Å². The standard InChI is InChI=1S/4Mo.2Na.17O.4Zn/q;;;;2*+1;17*-2;4*+2. The van der Waals surface area contributed by atoms with E-state index in [0.29, 0.717) is 0 Å². The van der Waals surface area contributed by atoms with Gasteiger partial charge in [0.1, 0.15) is 0 Å². The molecule has 0 rings (SSSR count). The van der Waals surface area contributed by atoms with Crippen LogP contribution in [0.4, 0.5) is 0 Å². The molecule has 0 heterocycles. The largest absolute Gasteiger partial charge is 2.00 e. The van der Waals surface area contributed by atoms with Crippen molar-refractivity contribution in [1.29, 1.82) is 0 Å². The van der Waals surface area contributed by atoms with Crippen molar-refractivity contribution in [3.05, 3.63) is 0 Å². The molecular weight excluding hydrogens is 963 g/mol. The average Bonchev–Trinajstić information content (AvgIpc) is 0. The van der Waals surface area contributed by atoms with E-state index in [4.69, 9.17) is 0 Å². The van der Waals surface area contributed by atoms with Crippen molar-refractivity contribution in [1.82, 2.24) is 0 Å². The Kier molecular flexibility index (Phi) is 23000. The van der Waals surface area contributed by atoms with Gasteiger partial charge in [0.2, 0.25) is 0 Å². The molecule has 0 atom stereocenters. The first-order chi connectivity index (χ1) is 0. The van der Waals surface area contributed by atoms with Gasteiger partial charge in [-0.3, -0.25) is 0 Å². The number of hydrogen-bond donors (Lipinski definition) is 0. The van der Waals surface area contributed by atoms with E-state index in [1.165, 1.54) is 0 Å². The second-order valence-electron chi connectivity index (χ2n) is 0. The first kappa shape index (κ1) is 826. The van der Waals surface area contributed by atoms with E-state index in [2.05, 4.69) is 0 Å². The molecule has 0 bridgehead atoms. The van der Waals surface area contributed by atoms with E-state index < -0.39 is 0 Å². The Balaban J connectivity index is 0. The van der Waals surface area contributed by atoms with Crippen LogP contribution in [0.3, 0.4) is 0 Å². The van der Waals surface area contributed by atoms with Crippen molar-refractivity contribution < 1.29 is 314 Å². The van der Waals surface area contributed by atoms with Crippen molar-refractivity contribution in [3.63, 3.8) is 0 Å². The number of hydrogen-bond acceptors (Lipinski definition) is 0. The van der Waals surface area contributed by atoms with Gasteiger partial charge >= 0.3 is 137 Å². The fourth-order valence-electron chi connectivity index (χ4n) is 0. The van der Waals surface area contributed by atoms with Gasteiger partial charge in [0.25, 0.3) is 0 Å². The van der Waals surface area contributed by atoms with Gasteiger partial charge in [-0.2, -0.15) is 0 Å². The molecule has 0 saturated carbocycles. The first-order valence-corrected chi connectivity index (χ1v) is 0. The van der Waals surface area contributed by atoms with E-state index >= 15 is 0 Å². The molecule has 0 N–H and O–H groups in total. The minimum Gasteiger partial charge on any atom is -2.00 e. The molecule has 160 valence electrons. The summed E-state index contributed by atoms with van der Waals surface area (Å²) in [7, 11) is 0. The Bertz CT molecular complexity index is 40.9. The summed E-state index contributed by atoms with van der Waals surface area (Å²) in [6, 6.07) is 0. The van der Waals surface area contributed by atoms with Crippen LogP contribution in [0.15, 0.2) is 0 Å². The smallest absolute Gasteiger partial charge is 2.00 e. The van der Waals surface area contributed by atoms with Crippen LogP contribution in [-0.4, -0.2) is 0 Å². The van der Waals surface area contributed by atoms with Gasteiger partial charge in [-0.25, -0.2) is 0 Å². The maximum absolute atomic E-state index is 0. The molecule has 0 aliphatic carbocycles. The summed E-state index contributed by atoms with van der Waals surface area (Å²) in [6.45, 7) is 0. The maximum Gasteiger partial charge on any atom is 2.00 e. The van der Waals surface area contributed by atoms with E-state index in [-0.39, 0.29) is 314 Å². The average molecular weight is 963 g/mol. The predicted molar refractivity (Wildman–Crippen MR) is 11.7 cm³/mol. The van der Waals surface area contributed by atoms with Crippen molar-refractivity contribution in [3.8, 4) is 0 Å². The van der Waals surface area contributed by atoms with Crippen molar-refractivity contribution in [2.24, 2.45) is 0 Å². The fraction of sp³-hybridized carbons (Fsp3) is 0. The normalized spacial score (nSPS) is 0. The van der Waals surface area contributed by atoms with Crippen LogP contribution in [0.2, 0.25) is 0 Å². The van der Waals surface area contributed by atoms with Gasteiger partial charge in [0.15, 0.2) is 0 Å². The van der Waals surface area contributed by atoms with Gasteiger partial charge in [-0.15, -0.1) is 0 Å².